The number of carboxylic acids is 1. The molecule has 0 spiro atoms. The van der Waals surface area contributed by atoms with Crippen molar-refractivity contribution in [3.05, 3.63) is 29.8 Å². The Morgan fingerprint density at radius 2 is 1.95 bits per heavy atom. The molecular weight excluding hydrogens is 268 g/mol. The maximum Gasteiger partial charge on any atom is 0.328 e. The van der Waals surface area contributed by atoms with Crippen LogP contribution in [0.1, 0.15) is 45.1 Å². The van der Waals surface area contributed by atoms with Gasteiger partial charge in [0, 0.05) is 17.7 Å². The molecule has 0 saturated carbocycles. The highest BCUT2D eigenvalue weighted by molar-refractivity contribution is 5.86. The van der Waals surface area contributed by atoms with Crippen LogP contribution in [0.25, 0.3) is 6.08 Å². The van der Waals surface area contributed by atoms with Crippen LogP contribution in [-0.4, -0.2) is 24.3 Å². The predicted molar refractivity (Wildman–Crippen MR) is 83.9 cm³/mol. The maximum absolute atomic E-state index is 10.6. The Kier molecular flexibility index (Phi) is 8.02. The highest BCUT2D eigenvalue weighted by Crippen LogP contribution is 2.26. The Balaban J connectivity index is 2.81. The van der Waals surface area contributed by atoms with Gasteiger partial charge in [0.1, 0.15) is 11.5 Å². The van der Waals surface area contributed by atoms with Crippen molar-refractivity contribution < 1.29 is 19.4 Å². The summed E-state index contributed by atoms with van der Waals surface area (Å²) in [7, 11) is 0. The van der Waals surface area contributed by atoms with Crippen molar-refractivity contribution in [3.8, 4) is 11.5 Å². The Bertz CT molecular complexity index is 466. The molecule has 4 nitrogen and oxygen atoms in total. The molecule has 0 aromatic heterocycles. The second-order valence-electron chi connectivity index (χ2n) is 4.78. The monoisotopic (exact) mass is 292 g/mol. The molecule has 0 atom stereocenters. The number of carboxylic acid groups (broad SMARTS) is 1. The van der Waals surface area contributed by atoms with Crippen molar-refractivity contribution in [2.24, 2.45) is 0 Å². The molecule has 0 amide bonds. The van der Waals surface area contributed by atoms with E-state index in [1.807, 2.05) is 25.1 Å². The van der Waals surface area contributed by atoms with Crippen LogP contribution in [0, 0.1) is 0 Å². The molecule has 0 heterocycles. The van der Waals surface area contributed by atoms with Crippen LogP contribution < -0.4 is 9.47 Å². The normalized spacial score (nSPS) is 10.8. The summed E-state index contributed by atoms with van der Waals surface area (Å²) >= 11 is 0. The fourth-order valence-corrected chi connectivity index (χ4v) is 1.78. The summed E-state index contributed by atoms with van der Waals surface area (Å²) in [6.45, 7) is 5.46. The second-order valence-corrected chi connectivity index (χ2v) is 4.78. The maximum atomic E-state index is 10.6. The van der Waals surface area contributed by atoms with Gasteiger partial charge in [-0.05, 0) is 31.1 Å². The van der Waals surface area contributed by atoms with E-state index in [0.717, 1.165) is 43.1 Å². The molecule has 0 aliphatic heterocycles. The lowest BCUT2D eigenvalue weighted by Crippen LogP contribution is -2.01. The molecule has 0 fully saturated rings. The van der Waals surface area contributed by atoms with E-state index >= 15 is 0 Å². The fraction of sp³-hybridized carbons (Fsp3) is 0.471. The molecule has 1 rings (SSSR count). The number of carbonyl (C=O) groups is 1. The summed E-state index contributed by atoms with van der Waals surface area (Å²) in [6.07, 6.45) is 6.83. The lowest BCUT2D eigenvalue weighted by molar-refractivity contribution is -0.131. The van der Waals surface area contributed by atoms with E-state index < -0.39 is 5.97 Å². The zero-order valence-electron chi connectivity index (χ0n) is 12.8. The summed E-state index contributed by atoms with van der Waals surface area (Å²) in [5.41, 5.74) is 0.748. The third kappa shape index (κ3) is 6.84. The first-order chi connectivity index (χ1) is 10.2. The number of unbranched alkanes of at least 4 members (excludes halogenated alkanes) is 2. The minimum Gasteiger partial charge on any atom is -0.493 e. The quantitative estimate of drug-likeness (QED) is 0.520. The molecule has 21 heavy (non-hydrogen) atoms. The molecule has 1 aromatic rings. The van der Waals surface area contributed by atoms with Crippen LogP contribution in [-0.2, 0) is 4.79 Å². The first kappa shape index (κ1) is 17.1. The molecule has 0 aliphatic rings. The van der Waals surface area contributed by atoms with Gasteiger partial charge in [-0.25, -0.2) is 4.79 Å². The third-order valence-electron chi connectivity index (χ3n) is 2.87. The van der Waals surface area contributed by atoms with Crippen LogP contribution in [0.2, 0.25) is 0 Å². The highest BCUT2D eigenvalue weighted by atomic mass is 16.5. The number of ether oxygens (including phenoxy) is 2. The molecule has 0 bridgehead atoms. The minimum atomic E-state index is -0.974. The molecular formula is C17H24O4. The van der Waals surface area contributed by atoms with E-state index in [2.05, 4.69) is 6.92 Å². The van der Waals surface area contributed by atoms with Crippen LogP contribution >= 0.6 is 0 Å². The molecule has 1 aromatic carbocycles. The van der Waals surface area contributed by atoms with Gasteiger partial charge in [0.2, 0.25) is 0 Å². The van der Waals surface area contributed by atoms with Gasteiger partial charge in [0.05, 0.1) is 13.2 Å². The van der Waals surface area contributed by atoms with Crippen LogP contribution in [0.15, 0.2) is 24.3 Å². The summed E-state index contributed by atoms with van der Waals surface area (Å²) < 4.78 is 11.4. The van der Waals surface area contributed by atoms with Crippen LogP contribution in [0.3, 0.4) is 0 Å². The van der Waals surface area contributed by atoms with Gasteiger partial charge in [-0.15, -0.1) is 0 Å². The standard InChI is InChI=1S/C17H24O4/c1-3-5-6-12-21-16-13-15(20-11-4-2)9-7-14(16)8-10-17(18)19/h7-10,13H,3-6,11-12H2,1-2H3,(H,18,19)/b10-8+. The summed E-state index contributed by atoms with van der Waals surface area (Å²) in [6, 6.07) is 5.47. The van der Waals surface area contributed by atoms with Crippen LogP contribution in [0.4, 0.5) is 0 Å². The van der Waals surface area contributed by atoms with Gasteiger partial charge in [0.15, 0.2) is 0 Å². The molecule has 0 aliphatic carbocycles. The van der Waals surface area contributed by atoms with E-state index in [0.29, 0.717) is 19.0 Å². The van der Waals surface area contributed by atoms with E-state index in [1.165, 1.54) is 0 Å². The Hall–Kier alpha value is -1.97. The number of rotatable bonds is 10. The van der Waals surface area contributed by atoms with E-state index in [-0.39, 0.29) is 0 Å². The van der Waals surface area contributed by atoms with Crippen molar-refractivity contribution in [1.82, 2.24) is 0 Å². The van der Waals surface area contributed by atoms with Gasteiger partial charge in [-0.2, -0.15) is 0 Å². The van der Waals surface area contributed by atoms with Crippen molar-refractivity contribution >= 4 is 12.0 Å². The zero-order valence-corrected chi connectivity index (χ0v) is 12.8. The van der Waals surface area contributed by atoms with Crippen molar-refractivity contribution in [1.29, 1.82) is 0 Å². The lowest BCUT2D eigenvalue weighted by Gasteiger charge is -2.12. The largest absolute Gasteiger partial charge is 0.493 e. The van der Waals surface area contributed by atoms with Crippen LogP contribution in [0.5, 0.6) is 11.5 Å². The zero-order chi connectivity index (χ0) is 15.5. The first-order valence-electron chi connectivity index (χ1n) is 7.48. The average Bonchev–Trinajstić information content (AvgIpc) is 2.48. The molecule has 4 heteroatoms. The van der Waals surface area contributed by atoms with Crippen molar-refractivity contribution in [3.63, 3.8) is 0 Å². The topological polar surface area (TPSA) is 55.8 Å². The highest BCUT2D eigenvalue weighted by Gasteiger charge is 2.05. The summed E-state index contributed by atoms with van der Waals surface area (Å²) in [5, 5.41) is 8.73. The number of hydrogen-bond donors (Lipinski definition) is 1. The predicted octanol–water partition coefficient (Wildman–Crippen LogP) is 4.14. The molecule has 0 unspecified atom stereocenters. The van der Waals surface area contributed by atoms with Crippen molar-refractivity contribution in [2.45, 2.75) is 39.5 Å². The Labute approximate surface area is 126 Å². The molecule has 116 valence electrons. The van der Waals surface area contributed by atoms with E-state index in [4.69, 9.17) is 14.6 Å². The van der Waals surface area contributed by atoms with Gasteiger partial charge < -0.3 is 14.6 Å². The minimum absolute atomic E-state index is 0.624. The Morgan fingerprint density at radius 3 is 2.62 bits per heavy atom. The number of benzene rings is 1. The Morgan fingerprint density at radius 1 is 1.14 bits per heavy atom. The fourth-order valence-electron chi connectivity index (χ4n) is 1.78. The summed E-state index contributed by atoms with van der Waals surface area (Å²) in [4.78, 5) is 10.6. The van der Waals surface area contributed by atoms with Gasteiger partial charge >= 0.3 is 5.97 Å². The molecule has 1 N–H and O–H groups in total. The third-order valence-corrected chi connectivity index (χ3v) is 2.87. The van der Waals surface area contributed by atoms with E-state index in [1.54, 1.807) is 6.08 Å². The van der Waals surface area contributed by atoms with Crippen molar-refractivity contribution in [2.75, 3.05) is 13.2 Å². The smallest absolute Gasteiger partial charge is 0.328 e. The average molecular weight is 292 g/mol. The summed E-state index contributed by atoms with van der Waals surface area (Å²) in [5.74, 6) is 0.435. The SMILES string of the molecule is CCCCCOc1cc(OCCC)ccc1/C=C/C(=O)O. The molecule has 0 saturated heterocycles. The van der Waals surface area contributed by atoms with Gasteiger partial charge in [-0.3, -0.25) is 0 Å². The number of aliphatic carboxylic acids is 1. The lowest BCUT2D eigenvalue weighted by atomic mass is 10.1. The molecule has 0 radical (unpaired) electrons. The van der Waals surface area contributed by atoms with Gasteiger partial charge in [-0.1, -0.05) is 26.7 Å². The first-order valence-corrected chi connectivity index (χ1v) is 7.48. The van der Waals surface area contributed by atoms with E-state index in [9.17, 15) is 4.79 Å². The number of hydrogen-bond acceptors (Lipinski definition) is 3. The van der Waals surface area contributed by atoms with Gasteiger partial charge in [0.25, 0.3) is 0 Å². The second kappa shape index (κ2) is 9.86.